The predicted molar refractivity (Wildman–Crippen MR) is 88.3 cm³/mol. The molecule has 1 nitrogen and oxygen atoms in total. The van der Waals surface area contributed by atoms with Gasteiger partial charge < -0.3 is 5.32 Å². The van der Waals surface area contributed by atoms with Crippen LogP contribution in [0.2, 0.25) is 0 Å². The first-order chi connectivity index (χ1) is 9.49. The van der Waals surface area contributed by atoms with Crippen molar-refractivity contribution in [2.24, 2.45) is 0 Å². The number of hydrogen-bond acceptors (Lipinski definition) is 1. The molecule has 0 amide bonds. The normalized spacial score (nSPS) is 10.9. The Kier molecular flexibility index (Phi) is 4.29. The summed E-state index contributed by atoms with van der Waals surface area (Å²) >= 11 is 0. The molecule has 0 saturated heterocycles. The lowest BCUT2D eigenvalue weighted by Gasteiger charge is -2.21. The summed E-state index contributed by atoms with van der Waals surface area (Å²) < 4.78 is 0. The van der Waals surface area contributed by atoms with Crippen molar-refractivity contribution in [3.05, 3.63) is 57.6 Å². The van der Waals surface area contributed by atoms with Crippen molar-refractivity contribution in [3.8, 4) is 11.1 Å². The molecule has 2 aromatic rings. The molecule has 0 aliphatic heterocycles. The average molecular weight is 267 g/mol. The van der Waals surface area contributed by atoms with E-state index in [4.69, 9.17) is 0 Å². The molecule has 1 heteroatoms. The van der Waals surface area contributed by atoms with Crippen LogP contribution in [0.4, 0.5) is 0 Å². The van der Waals surface area contributed by atoms with E-state index >= 15 is 0 Å². The smallest absolute Gasteiger partial charge is 0.0208 e. The number of hydrogen-bond donors (Lipinski definition) is 1. The summed E-state index contributed by atoms with van der Waals surface area (Å²) in [6.45, 7) is 12.1. The second kappa shape index (κ2) is 5.80. The molecule has 0 atom stereocenters. The fourth-order valence-electron chi connectivity index (χ4n) is 3.01. The highest BCUT2D eigenvalue weighted by molar-refractivity contribution is 5.77. The molecule has 106 valence electrons. The monoisotopic (exact) mass is 267 g/mol. The SMILES string of the molecule is CNCc1ccccc1-c1c(C)c(C)c(C)c(C)c1C. The first-order valence-electron chi connectivity index (χ1n) is 7.28. The van der Waals surface area contributed by atoms with Gasteiger partial charge in [0.05, 0.1) is 0 Å². The van der Waals surface area contributed by atoms with Crippen molar-refractivity contribution < 1.29 is 0 Å². The Morgan fingerprint density at radius 2 is 1.25 bits per heavy atom. The van der Waals surface area contributed by atoms with Crippen LogP contribution in [0, 0.1) is 34.6 Å². The molecule has 0 saturated carbocycles. The van der Waals surface area contributed by atoms with Gasteiger partial charge in [0.15, 0.2) is 0 Å². The zero-order chi connectivity index (χ0) is 14.9. The zero-order valence-corrected chi connectivity index (χ0v) is 13.5. The van der Waals surface area contributed by atoms with Crippen molar-refractivity contribution in [1.29, 1.82) is 0 Å². The topological polar surface area (TPSA) is 12.0 Å². The minimum absolute atomic E-state index is 0.904. The Bertz CT molecular complexity index is 609. The van der Waals surface area contributed by atoms with Crippen LogP contribution in [0.3, 0.4) is 0 Å². The quantitative estimate of drug-likeness (QED) is 0.856. The summed E-state index contributed by atoms with van der Waals surface area (Å²) in [5, 5.41) is 3.27. The van der Waals surface area contributed by atoms with Gasteiger partial charge in [0.1, 0.15) is 0 Å². The summed E-state index contributed by atoms with van der Waals surface area (Å²) in [5.41, 5.74) is 11.2. The Morgan fingerprint density at radius 3 is 1.80 bits per heavy atom. The second-order valence-electron chi connectivity index (χ2n) is 5.69. The molecule has 2 rings (SSSR count). The van der Waals surface area contributed by atoms with Crippen LogP contribution in [-0.4, -0.2) is 7.05 Å². The van der Waals surface area contributed by atoms with E-state index in [-0.39, 0.29) is 0 Å². The van der Waals surface area contributed by atoms with Crippen LogP contribution in [0.25, 0.3) is 11.1 Å². The average Bonchev–Trinajstić information content (AvgIpc) is 2.45. The van der Waals surface area contributed by atoms with Crippen LogP contribution in [0.5, 0.6) is 0 Å². The summed E-state index contributed by atoms with van der Waals surface area (Å²) in [6.07, 6.45) is 0. The van der Waals surface area contributed by atoms with Gasteiger partial charge in [-0.25, -0.2) is 0 Å². The molecule has 0 bridgehead atoms. The number of benzene rings is 2. The maximum atomic E-state index is 3.27. The third-order valence-electron chi connectivity index (χ3n) is 4.65. The van der Waals surface area contributed by atoms with Crippen LogP contribution < -0.4 is 5.32 Å². The fraction of sp³-hybridized carbons (Fsp3) is 0.368. The summed E-state index contributed by atoms with van der Waals surface area (Å²) in [4.78, 5) is 0. The molecule has 2 aromatic carbocycles. The van der Waals surface area contributed by atoms with Crippen molar-refractivity contribution >= 4 is 0 Å². The molecular formula is C19H25N. The minimum atomic E-state index is 0.904. The van der Waals surface area contributed by atoms with E-state index in [1.807, 2.05) is 7.05 Å². The largest absolute Gasteiger partial charge is 0.316 e. The van der Waals surface area contributed by atoms with Crippen LogP contribution in [-0.2, 0) is 6.54 Å². The maximum absolute atomic E-state index is 3.27. The highest BCUT2D eigenvalue weighted by atomic mass is 14.8. The highest BCUT2D eigenvalue weighted by Gasteiger charge is 2.15. The van der Waals surface area contributed by atoms with E-state index < -0.39 is 0 Å². The fourth-order valence-corrected chi connectivity index (χ4v) is 3.01. The zero-order valence-electron chi connectivity index (χ0n) is 13.5. The van der Waals surface area contributed by atoms with E-state index in [0.717, 1.165) is 6.54 Å². The summed E-state index contributed by atoms with van der Waals surface area (Å²) in [7, 11) is 2.00. The van der Waals surface area contributed by atoms with Crippen molar-refractivity contribution in [3.63, 3.8) is 0 Å². The molecule has 0 radical (unpaired) electrons. The third-order valence-corrected chi connectivity index (χ3v) is 4.65. The first-order valence-corrected chi connectivity index (χ1v) is 7.28. The van der Waals surface area contributed by atoms with Crippen LogP contribution >= 0.6 is 0 Å². The van der Waals surface area contributed by atoms with E-state index in [9.17, 15) is 0 Å². The highest BCUT2D eigenvalue weighted by Crippen LogP contribution is 2.35. The summed E-state index contributed by atoms with van der Waals surface area (Å²) in [5.74, 6) is 0. The van der Waals surface area contributed by atoms with Crippen LogP contribution in [0.15, 0.2) is 24.3 Å². The van der Waals surface area contributed by atoms with E-state index in [1.165, 1.54) is 44.5 Å². The lowest BCUT2D eigenvalue weighted by atomic mass is 9.85. The van der Waals surface area contributed by atoms with Gasteiger partial charge in [0, 0.05) is 6.54 Å². The molecule has 0 heterocycles. The molecular weight excluding hydrogens is 242 g/mol. The molecule has 20 heavy (non-hydrogen) atoms. The lowest BCUT2D eigenvalue weighted by Crippen LogP contribution is -2.08. The molecule has 0 aliphatic carbocycles. The predicted octanol–water partition coefficient (Wildman–Crippen LogP) is 4.62. The Hall–Kier alpha value is -1.60. The van der Waals surface area contributed by atoms with Gasteiger partial charge in [-0.2, -0.15) is 0 Å². The van der Waals surface area contributed by atoms with Gasteiger partial charge in [-0.05, 0) is 86.2 Å². The number of nitrogens with one attached hydrogen (secondary N) is 1. The molecule has 0 fully saturated rings. The van der Waals surface area contributed by atoms with E-state index in [0.29, 0.717) is 0 Å². The summed E-state index contributed by atoms with van der Waals surface area (Å²) in [6, 6.07) is 8.72. The van der Waals surface area contributed by atoms with Gasteiger partial charge in [-0.15, -0.1) is 0 Å². The van der Waals surface area contributed by atoms with Gasteiger partial charge >= 0.3 is 0 Å². The van der Waals surface area contributed by atoms with Crippen LogP contribution in [0.1, 0.15) is 33.4 Å². The van der Waals surface area contributed by atoms with Crippen molar-refractivity contribution in [2.45, 2.75) is 41.2 Å². The first kappa shape index (κ1) is 14.8. The molecule has 0 aliphatic rings. The van der Waals surface area contributed by atoms with Crippen molar-refractivity contribution in [2.75, 3.05) is 7.05 Å². The minimum Gasteiger partial charge on any atom is -0.316 e. The number of rotatable bonds is 3. The Balaban J connectivity index is 2.77. The standard InChI is InChI=1S/C19H25N/c1-12-13(2)15(4)19(16(5)14(12)3)18-10-8-7-9-17(18)11-20-6/h7-10,20H,11H2,1-6H3. The third kappa shape index (κ3) is 2.38. The van der Waals surface area contributed by atoms with E-state index in [1.54, 1.807) is 0 Å². The Morgan fingerprint density at radius 1 is 0.750 bits per heavy atom. The molecule has 1 N–H and O–H groups in total. The van der Waals surface area contributed by atoms with Gasteiger partial charge in [-0.1, -0.05) is 24.3 Å². The van der Waals surface area contributed by atoms with Gasteiger partial charge in [0.25, 0.3) is 0 Å². The molecule has 0 unspecified atom stereocenters. The molecule has 0 aromatic heterocycles. The van der Waals surface area contributed by atoms with Gasteiger partial charge in [-0.3, -0.25) is 0 Å². The van der Waals surface area contributed by atoms with Gasteiger partial charge in [0.2, 0.25) is 0 Å². The Labute approximate surface area is 123 Å². The van der Waals surface area contributed by atoms with E-state index in [2.05, 4.69) is 64.2 Å². The maximum Gasteiger partial charge on any atom is 0.0208 e. The second-order valence-corrected chi connectivity index (χ2v) is 5.69. The lowest BCUT2D eigenvalue weighted by molar-refractivity contribution is 0.819. The van der Waals surface area contributed by atoms with Crippen molar-refractivity contribution in [1.82, 2.24) is 5.32 Å². The molecule has 0 spiro atoms.